The maximum atomic E-state index is 12.3. The Hall–Kier alpha value is -1.70. The maximum absolute atomic E-state index is 12.3. The van der Waals surface area contributed by atoms with Crippen LogP contribution in [-0.4, -0.2) is 55.3 Å². The summed E-state index contributed by atoms with van der Waals surface area (Å²) in [5.41, 5.74) is 1.78. The second-order valence-electron chi connectivity index (χ2n) is 9.60. The van der Waals surface area contributed by atoms with Crippen LogP contribution in [0.4, 0.5) is 0 Å². The standard InChI is InChI=1S/C24H37N3O3S/c1-5-6-8-19-17-20-9-7-12-25-23(20)22(18-19)30-21-10-13-27(14-11-21)15-16-31(28,29)26-24(2,3)4/h7,9,12,17-18,21,26H,5-6,8,10-11,13-16H2,1-4H3. The minimum atomic E-state index is -3.27. The van der Waals surface area contributed by atoms with Gasteiger partial charge in [0.05, 0.1) is 5.75 Å². The van der Waals surface area contributed by atoms with E-state index in [2.05, 4.69) is 39.7 Å². The number of rotatable bonds is 9. The van der Waals surface area contributed by atoms with Gasteiger partial charge >= 0.3 is 0 Å². The lowest BCUT2D eigenvalue weighted by Crippen LogP contribution is -2.45. The van der Waals surface area contributed by atoms with Crippen LogP contribution < -0.4 is 9.46 Å². The van der Waals surface area contributed by atoms with E-state index >= 15 is 0 Å². The largest absolute Gasteiger partial charge is 0.488 e. The number of aromatic nitrogens is 1. The van der Waals surface area contributed by atoms with Crippen LogP contribution in [0.3, 0.4) is 0 Å². The minimum absolute atomic E-state index is 0.129. The summed E-state index contributed by atoms with van der Waals surface area (Å²) in [7, 11) is -3.27. The number of likely N-dealkylation sites (tertiary alicyclic amines) is 1. The van der Waals surface area contributed by atoms with Gasteiger partial charge in [-0.05, 0) is 70.2 Å². The summed E-state index contributed by atoms with van der Waals surface area (Å²) in [6.45, 7) is 10.0. The Morgan fingerprint density at radius 1 is 1.23 bits per heavy atom. The number of fused-ring (bicyclic) bond motifs is 1. The van der Waals surface area contributed by atoms with Gasteiger partial charge in [0.15, 0.2) is 0 Å². The number of unbranched alkanes of at least 4 members (excludes halogenated alkanes) is 1. The summed E-state index contributed by atoms with van der Waals surface area (Å²) in [5, 5.41) is 1.13. The molecular formula is C24H37N3O3S. The van der Waals surface area contributed by atoms with Crippen LogP contribution in [0.25, 0.3) is 10.9 Å². The lowest BCUT2D eigenvalue weighted by molar-refractivity contribution is 0.105. The Labute approximate surface area is 187 Å². The van der Waals surface area contributed by atoms with Crippen LogP contribution in [0.5, 0.6) is 5.75 Å². The van der Waals surface area contributed by atoms with E-state index in [1.807, 2.05) is 33.0 Å². The van der Waals surface area contributed by atoms with Crippen molar-refractivity contribution in [3.63, 3.8) is 0 Å². The van der Waals surface area contributed by atoms with E-state index < -0.39 is 15.6 Å². The first kappa shape index (κ1) is 24.0. The zero-order chi connectivity index (χ0) is 22.5. The second-order valence-corrected chi connectivity index (χ2v) is 11.4. The van der Waals surface area contributed by atoms with E-state index in [-0.39, 0.29) is 11.9 Å². The average Bonchev–Trinajstić information content (AvgIpc) is 2.70. The topological polar surface area (TPSA) is 71.5 Å². The smallest absolute Gasteiger partial charge is 0.213 e. The molecule has 0 radical (unpaired) electrons. The van der Waals surface area contributed by atoms with Gasteiger partial charge in [-0.25, -0.2) is 13.1 Å². The number of sulfonamides is 1. The van der Waals surface area contributed by atoms with Crippen molar-refractivity contribution in [1.82, 2.24) is 14.6 Å². The molecule has 1 fully saturated rings. The number of nitrogens with zero attached hydrogens (tertiary/aromatic N) is 2. The third kappa shape index (κ3) is 7.44. The number of ether oxygens (including phenoxy) is 1. The lowest BCUT2D eigenvalue weighted by atomic mass is 10.0. The molecular weight excluding hydrogens is 410 g/mol. The van der Waals surface area contributed by atoms with Crippen LogP contribution in [0.15, 0.2) is 30.5 Å². The highest BCUT2D eigenvalue weighted by Crippen LogP contribution is 2.29. The zero-order valence-corrected chi connectivity index (χ0v) is 20.2. The van der Waals surface area contributed by atoms with Crippen LogP contribution in [-0.2, 0) is 16.4 Å². The molecule has 2 aromatic rings. The van der Waals surface area contributed by atoms with Gasteiger partial charge in [-0.15, -0.1) is 0 Å². The molecule has 1 aromatic heterocycles. The molecule has 7 heteroatoms. The summed E-state index contributed by atoms with van der Waals surface area (Å²) in [4.78, 5) is 6.78. The molecule has 0 saturated carbocycles. The molecule has 0 unspecified atom stereocenters. The quantitative estimate of drug-likeness (QED) is 0.626. The summed E-state index contributed by atoms with van der Waals surface area (Å²) in [6, 6.07) is 8.44. The first-order valence-electron chi connectivity index (χ1n) is 11.4. The van der Waals surface area contributed by atoms with E-state index in [0.29, 0.717) is 6.54 Å². The minimum Gasteiger partial charge on any atom is -0.488 e. The van der Waals surface area contributed by atoms with Crippen molar-refractivity contribution in [2.24, 2.45) is 0 Å². The van der Waals surface area contributed by atoms with Crippen LogP contribution in [0.2, 0.25) is 0 Å². The third-order valence-electron chi connectivity index (χ3n) is 5.51. The van der Waals surface area contributed by atoms with E-state index in [0.717, 1.165) is 55.4 Å². The van der Waals surface area contributed by atoms with Gasteiger partial charge in [-0.2, -0.15) is 0 Å². The van der Waals surface area contributed by atoms with Crippen LogP contribution >= 0.6 is 0 Å². The number of piperidine rings is 1. The fraction of sp³-hybridized carbons (Fsp3) is 0.625. The van der Waals surface area contributed by atoms with Crippen molar-refractivity contribution in [2.45, 2.75) is 71.4 Å². The first-order chi connectivity index (χ1) is 14.6. The Kier molecular flexibility index (Phi) is 7.94. The van der Waals surface area contributed by atoms with Crippen molar-refractivity contribution >= 4 is 20.9 Å². The molecule has 172 valence electrons. The Bertz CT molecular complexity index is 962. The number of benzene rings is 1. The molecule has 2 heterocycles. The van der Waals surface area contributed by atoms with E-state index in [9.17, 15) is 8.42 Å². The monoisotopic (exact) mass is 447 g/mol. The fourth-order valence-electron chi connectivity index (χ4n) is 4.03. The molecule has 0 atom stereocenters. The van der Waals surface area contributed by atoms with Crippen LogP contribution in [0, 0.1) is 0 Å². The lowest BCUT2D eigenvalue weighted by Gasteiger charge is -2.32. The van der Waals surface area contributed by atoms with Crippen molar-refractivity contribution in [1.29, 1.82) is 0 Å². The van der Waals surface area contributed by atoms with E-state index in [1.165, 1.54) is 12.0 Å². The Morgan fingerprint density at radius 3 is 2.65 bits per heavy atom. The van der Waals surface area contributed by atoms with Gasteiger partial charge in [0, 0.05) is 36.8 Å². The molecule has 1 aliphatic heterocycles. The number of nitrogens with one attached hydrogen (secondary N) is 1. The molecule has 1 aromatic carbocycles. The van der Waals surface area contributed by atoms with E-state index in [4.69, 9.17) is 4.74 Å². The number of hydrogen-bond acceptors (Lipinski definition) is 5. The summed E-state index contributed by atoms with van der Waals surface area (Å²) < 4.78 is 33.7. The molecule has 0 spiro atoms. The molecule has 6 nitrogen and oxygen atoms in total. The predicted octanol–water partition coefficient (Wildman–Crippen LogP) is 4.14. The highest BCUT2D eigenvalue weighted by atomic mass is 32.2. The Balaban J connectivity index is 1.58. The number of aryl methyl sites for hydroxylation is 1. The summed E-state index contributed by atoms with van der Waals surface area (Å²) >= 11 is 0. The Morgan fingerprint density at radius 2 is 1.97 bits per heavy atom. The first-order valence-corrected chi connectivity index (χ1v) is 13.1. The summed E-state index contributed by atoms with van der Waals surface area (Å²) in [6.07, 6.45) is 7.10. The van der Waals surface area contributed by atoms with Gasteiger partial charge in [-0.3, -0.25) is 4.98 Å². The van der Waals surface area contributed by atoms with Gasteiger partial charge in [-0.1, -0.05) is 19.4 Å². The molecule has 3 rings (SSSR count). The summed E-state index contributed by atoms with van der Waals surface area (Å²) in [5.74, 6) is 1.00. The van der Waals surface area contributed by atoms with Crippen molar-refractivity contribution in [3.8, 4) is 5.75 Å². The maximum Gasteiger partial charge on any atom is 0.213 e. The average molecular weight is 448 g/mol. The molecule has 31 heavy (non-hydrogen) atoms. The number of pyridine rings is 1. The predicted molar refractivity (Wildman–Crippen MR) is 127 cm³/mol. The van der Waals surface area contributed by atoms with Gasteiger partial charge in [0.25, 0.3) is 0 Å². The van der Waals surface area contributed by atoms with Gasteiger partial charge in [0.2, 0.25) is 10.0 Å². The van der Waals surface area contributed by atoms with Gasteiger partial charge in [0.1, 0.15) is 17.4 Å². The molecule has 1 saturated heterocycles. The molecule has 1 aliphatic rings. The van der Waals surface area contributed by atoms with Gasteiger partial charge < -0.3 is 9.64 Å². The zero-order valence-electron chi connectivity index (χ0n) is 19.4. The molecule has 0 aliphatic carbocycles. The third-order valence-corrected chi connectivity index (χ3v) is 7.16. The van der Waals surface area contributed by atoms with Crippen molar-refractivity contribution < 1.29 is 13.2 Å². The second kappa shape index (κ2) is 10.3. The van der Waals surface area contributed by atoms with Crippen molar-refractivity contribution in [2.75, 3.05) is 25.4 Å². The van der Waals surface area contributed by atoms with E-state index in [1.54, 1.807) is 0 Å². The molecule has 0 amide bonds. The normalized spacial score (nSPS) is 16.6. The van der Waals surface area contributed by atoms with Crippen LogP contribution in [0.1, 0.15) is 58.9 Å². The van der Waals surface area contributed by atoms with Crippen molar-refractivity contribution in [3.05, 3.63) is 36.0 Å². The molecule has 0 bridgehead atoms. The highest BCUT2D eigenvalue weighted by molar-refractivity contribution is 7.89. The number of hydrogen-bond donors (Lipinski definition) is 1. The fourth-order valence-corrected chi connectivity index (χ4v) is 5.56. The highest BCUT2D eigenvalue weighted by Gasteiger charge is 2.25. The SMILES string of the molecule is CCCCc1cc(OC2CCN(CCS(=O)(=O)NC(C)(C)C)CC2)c2ncccc2c1. The molecule has 1 N–H and O–H groups in total.